The summed E-state index contributed by atoms with van der Waals surface area (Å²) in [5, 5.41) is 2.30. The summed E-state index contributed by atoms with van der Waals surface area (Å²) < 4.78 is 31.8. The SMILES string of the molecule is COC(=O)CNC(=O)CN(C(=O)c1ccccc1)[C@@H]1O[C@H](COC(C)=O)[C@H](OC(C)=O)[C@H](OC(C)=O)[C@H]1OC(C)=O. The summed E-state index contributed by atoms with van der Waals surface area (Å²) in [5.41, 5.74) is 0.0983. The number of ether oxygens (including phenoxy) is 6. The third-order valence-electron chi connectivity index (χ3n) is 5.53. The number of benzene rings is 1. The zero-order valence-corrected chi connectivity index (χ0v) is 23.1. The Morgan fingerprint density at radius 2 is 1.37 bits per heavy atom. The molecule has 1 aromatic rings. The van der Waals surface area contributed by atoms with Crippen LogP contribution in [-0.4, -0.2) is 104 Å². The van der Waals surface area contributed by atoms with Crippen molar-refractivity contribution in [3.05, 3.63) is 35.9 Å². The molecule has 0 aliphatic carbocycles. The summed E-state index contributed by atoms with van der Waals surface area (Å²) in [6.07, 6.45) is -7.65. The first-order chi connectivity index (χ1) is 19.3. The molecule has 0 aromatic heterocycles. The van der Waals surface area contributed by atoms with Crippen molar-refractivity contribution in [3.63, 3.8) is 0 Å². The number of methoxy groups -OCH3 is 1. The highest BCUT2D eigenvalue weighted by Crippen LogP contribution is 2.31. The number of esters is 5. The van der Waals surface area contributed by atoms with Gasteiger partial charge in [0.2, 0.25) is 5.91 Å². The molecule has 0 radical (unpaired) electrons. The van der Waals surface area contributed by atoms with Gasteiger partial charge in [0.25, 0.3) is 5.91 Å². The van der Waals surface area contributed by atoms with E-state index in [2.05, 4.69) is 10.1 Å². The molecule has 224 valence electrons. The first kappa shape index (κ1) is 32.7. The standard InChI is InChI=1S/C26H32N2O13/c1-14(29)37-13-19-22(38-15(2)30)23(39-16(3)31)24(40-17(4)32)26(41-19)28(12-20(33)27-11-21(34)36-5)25(35)18-9-7-6-8-10-18/h6-10,19,22-24,26H,11-13H2,1-5H3,(H,27,33)/t19-,22+,23+,24-,26-/m1/s1. The third-order valence-corrected chi connectivity index (χ3v) is 5.53. The highest BCUT2D eigenvalue weighted by atomic mass is 16.7. The van der Waals surface area contributed by atoms with Gasteiger partial charge in [-0.15, -0.1) is 0 Å². The molecule has 1 fully saturated rings. The molecule has 1 heterocycles. The number of hydrogen-bond acceptors (Lipinski definition) is 13. The van der Waals surface area contributed by atoms with Crippen LogP contribution in [0.2, 0.25) is 0 Å². The molecule has 1 aliphatic heterocycles. The van der Waals surface area contributed by atoms with Crippen LogP contribution in [0.15, 0.2) is 30.3 Å². The maximum absolute atomic E-state index is 13.7. The summed E-state index contributed by atoms with van der Waals surface area (Å²) in [6.45, 7) is 2.49. The second-order valence-electron chi connectivity index (χ2n) is 8.74. The van der Waals surface area contributed by atoms with Gasteiger partial charge in [0.15, 0.2) is 24.5 Å². The minimum absolute atomic E-state index is 0.0983. The molecular weight excluding hydrogens is 548 g/mol. The van der Waals surface area contributed by atoms with Crippen LogP contribution in [0, 0.1) is 0 Å². The normalized spacial score (nSPS) is 21.4. The molecule has 1 aromatic carbocycles. The van der Waals surface area contributed by atoms with Gasteiger partial charge in [-0.25, -0.2) is 0 Å². The molecule has 15 nitrogen and oxygen atoms in total. The summed E-state index contributed by atoms with van der Waals surface area (Å²) in [5.74, 6) is -5.67. The van der Waals surface area contributed by atoms with Crippen LogP contribution < -0.4 is 5.32 Å². The quantitative estimate of drug-likeness (QED) is 0.261. The summed E-state index contributed by atoms with van der Waals surface area (Å²) >= 11 is 0. The Labute approximate surface area is 235 Å². The Bertz CT molecular complexity index is 1140. The Kier molecular flexibility index (Phi) is 12.2. The first-order valence-corrected chi connectivity index (χ1v) is 12.3. The predicted octanol–water partition coefficient (Wildman–Crippen LogP) is -0.499. The van der Waals surface area contributed by atoms with E-state index >= 15 is 0 Å². The first-order valence-electron chi connectivity index (χ1n) is 12.3. The van der Waals surface area contributed by atoms with E-state index in [1.807, 2.05) is 0 Å². The monoisotopic (exact) mass is 580 g/mol. The van der Waals surface area contributed by atoms with Gasteiger partial charge in [-0.05, 0) is 12.1 Å². The van der Waals surface area contributed by atoms with E-state index < -0.39 is 92.0 Å². The zero-order valence-electron chi connectivity index (χ0n) is 23.1. The maximum atomic E-state index is 13.7. The number of nitrogens with one attached hydrogen (secondary N) is 1. The molecule has 0 spiro atoms. The number of nitrogens with zero attached hydrogens (tertiary/aromatic N) is 1. The third kappa shape index (κ3) is 9.86. The number of carbonyl (C=O) groups is 7. The fourth-order valence-electron chi connectivity index (χ4n) is 3.93. The van der Waals surface area contributed by atoms with Crippen molar-refractivity contribution in [2.24, 2.45) is 0 Å². The highest BCUT2D eigenvalue weighted by molar-refractivity contribution is 5.97. The van der Waals surface area contributed by atoms with Gasteiger partial charge >= 0.3 is 29.8 Å². The number of hydrogen-bond donors (Lipinski definition) is 1. The zero-order chi connectivity index (χ0) is 30.7. The van der Waals surface area contributed by atoms with Gasteiger partial charge in [-0.2, -0.15) is 0 Å². The topological polar surface area (TPSA) is 190 Å². The van der Waals surface area contributed by atoms with E-state index in [4.69, 9.17) is 23.7 Å². The Hall–Kier alpha value is -4.53. The molecular formula is C26H32N2O13. The molecule has 15 heteroatoms. The van der Waals surface area contributed by atoms with Crippen LogP contribution in [-0.2, 0) is 57.2 Å². The second-order valence-corrected chi connectivity index (χ2v) is 8.74. The van der Waals surface area contributed by atoms with Crippen molar-refractivity contribution >= 4 is 41.7 Å². The largest absolute Gasteiger partial charge is 0.468 e. The molecule has 5 atom stereocenters. The van der Waals surface area contributed by atoms with Crippen LogP contribution in [0.1, 0.15) is 38.1 Å². The Balaban J connectivity index is 2.64. The van der Waals surface area contributed by atoms with Gasteiger partial charge in [0.05, 0.1) is 7.11 Å². The summed E-state index contributed by atoms with van der Waals surface area (Å²) in [7, 11) is 1.12. The van der Waals surface area contributed by atoms with E-state index in [1.54, 1.807) is 18.2 Å². The van der Waals surface area contributed by atoms with Gasteiger partial charge < -0.3 is 33.7 Å². The average Bonchev–Trinajstić information content (AvgIpc) is 2.91. The predicted molar refractivity (Wildman–Crippen MR) is 134 cm³/mol. The maximum Gasteiger partial charge on any atom is 0.325 e. The van der Waals surface area contributed by atoms with Gasteiger partial charge in [0.1, 0.15) is 25.8 Å². The van der Waals surface area contributed by atoms with Crippen molar-refractivity contribution in [2.45, 2.75) is 58.3 Å². The summed E-state index contributed by atoms with van der Waals surface area (Å²) in [6, 6.07) is 7.68. The lowest BCUT2D eigenvalue weighted by atomic mass is 9.96. The minimum Gasteiger partial charge on any atom is -0.468 e. The van der Waals surface area contributed by atoms with Crippen molar-refractivity contribution in [3.8, 4) is 0 Å². The highest BCUT2D eigenvalue weighted by Gasteiger charge is 2.55. The van der Waals surface area contributed by atoms with Gasteiger partial charge in [-0.1, -0.05) is 18.2 Å². The molecule has 2 amide bonds. The van der Waals surface area contributed by atoms with Crippen molar-refractivity contribution in [1.82, 2.24) is 10.2 Å². The lowest BCUT2D eigenvalue weighted by molar-refractivity contribution is -0.272. The number of amides is 2. The van der Waals surface area contributed by atoms with E-state index in [1.165, 1.54) is 12.1 Å². The average molecular weight is 581 g/mol. The Morgan fingerprint density at radius 1 is 0.805 bits per heavy atom. The second kappa shape index (κ2) is 15.3. The minimum atomic E-state index is -1.65. The fraction of sp³-hybridized carbons (Fsp3) is 0.500. The lowest BCUT2D eigenvalue weighted by Gasteiger charge is -2.47. The molecule has 1 aliphatic rings. The summed E-state index contributed by atoms with van der Waals surface area (Å²) in [4.78, 5) is 86.9. The molecule has 1 saturated heterocycles. The van der Waals surface area contributed by atoms with Crippen LogP contribution >= 0.6 is 0 Å². The van der Waals surface area contributed by atoms with Crippen LogP contribution in [0.3, 0.4) is 0 Å². The fourth-order valence-corrected chi connectivity index (χ4v) is 3.93. The van der Waals surface area contributed by atoms with Crippen molar-refractivity contribution < 1.29 is 62.0 Å². The van der Waals surface area contributed by atoms with Gasteiger partial charge in [-0.3, -0.25) is 38.5 Å². The molecule has 1 N–H and O–H groups in total. The van der Waals surface area contributed by atoms with Crippen molar-refractivity contribution in [1.29, 1.82) is 0 Å². The van der Waals surface area contributed by atoms with E-state index in [0.717, 1.165) is 39.7 Å². The number of rotatable bonds is 11. The van der Waals surface area contributed by atoms with E-state index in [0.29, 0.717) is 0 Å². The van der Waals surface area contributed by atoms with Crippen molar-refractivity contribution in [2.75, 3.05) is 26.8 Å². The Morgan fingerprint density at radius 3 is 1.90 bits per heavy atom. The lowest BCUT2D eigenvalue weighted by Crippen LogP contribution is -2.67. The van der Waals surface area contributed by atoms with Crippen LogP contribution in [0.4, 0.5) is 0 Å². The molecule has 0 unspecified atom stereocenters. The van der Waals surface area contributed by atoms with Crippen LogP contribution in [0.5, 0.6) is 0 Å². The smallest absolute Gasteiger partial charge is 0.325 e. The molecule has 2 rings (SSSR count). The van der Waals surface area contributed by atoms with E-state index in [9.17, 15) is 33.6 Å². The molecule has 0 bridgehead atoms. The van der Waals surface area contributed by atoms with E-state index in [-0.39, 0.29) is 5.56 Å². The molecule has 41 heavy (non-hydrogen) atoms. The molecule has 0 saturated carbocycles. The van der Waals surface area contributed by atoms with Gasteiger partial charge in [0, 0.05) is 33.3 Å². The number of carbonyl (C=O) groups excluding carboxylic acids is 7. The van der Waals surface area contributed by atoms with Crippen LogP contribution in [0.25, 0.3) is 0 Å².